The zero-order chi connectivity index (χ0) is 50.0. The van der Waals surface area contributed by atoms with Crippen molar-refractivity contribution in [1.29, 1.82) is 0 Å². The van der Waals surface area contributed by atoms with Crippen LogP contribution in [0.3, 0.4) is 0 Å². The first-order valence-corrected chi connectivity index (χ1v) is 28.0. The number of unbranched alkanes of at least 4 members (excludes halogenated alkanes) is 18. The Morgan fingerprint density at radius 1 is 0.304 bits per heavy atom. The Labute approximate surface area is 424 Å². The molecule has 0 saturated heterocycles. The monoisotopic (exact) mass is 955 g/mol. The first kappa shape index (κ1) is 64.8. The van der Waals surface area contributed by atoms with Gasteiger partial charge in [0.1, 0.15) is 13.2 Å². The van der Waals surface area contributed by atoms with Crippen molar-refractivity contribution in [1.82, 2.24) is 0 Å². The quantitative estimate of drug-likeness (QED) is 0.0262. The summed E-state index contributed by atoms with van der Waals surface area (Å²) in [7, 11) is 0. The highest BCUT2D eigenvalue weighted by Crippen LogP contribution is 2.13. The lowest BCUT2D eigenvalue weighted by Gasteiger charge is -2.18. The van der Waals surface area contributed by atoms with Crippen molar-refractivity contribution in [2.45, 2.75) is 245 Å². The molecule has 6 nitrogen and oxygen atoms in total. The Morgan fingerprint density at radius 3 is 0.942 bits per heavy atom. The fraction of sp³-hybridized carbons (Fsp3) is 0.635. The van der Waals surface area contributed by atoms with Crippen molar-refractivity contribution in [3.8, 4) is 0 Å². The van der Waals surface area contributed by atoms with Gasteiger partial charge in [0.05, 0.1) is 0 Å². The number of esters is 3. The Morgan fingerprint density at radius 2 is 0.594 bits per heavy atom. The molecule has 0 amide bonds. The Balaban J connectivity index is 4.46. The van der Waals surface area contributed by atoms with Gasteiger partial charge in [-0.25, -0.2) is 0 Å². The standard InChI is InChI=1S/C63H102O6/c1-4-7-10-13-16-19-22-25-27-28-29-30-31-32-33-34-36-38-41-44-47-50-53-56-62(65)68-59-60(58-67-61(64)55-52-49-46-43-40-37-24-21-18-15-12-9-6-3)69-63(66)57-54-51-48-45-42-39-35-26-23-20-17-14-11-8-5-2/h7,10,12,15-17,19-21,24-27,29-30,32-33,35-36,38,60H,4-6,8-9,11,13-14,18,22-23,28,31,34,37,39-59H2,1-3H3/b10-7-,15-12-,19-16-,20-17-,24-21-,27-25-,30-29-,33-32-,35-26-,38-36-. The van der Waals surface area contributed by atoms with E-state index in [9.17, 15) is 14.4 Å². The smallest absolute Gasteiger partial charge is 0.306 e. The van der Waals surface area contributed by atoms with Crippen molar-refractivity contribution in [2.24, 2.45) is 0 Å². The van der Waals surface area contributed by atoms with E-state index in [1.165, 1.54) is 32.1 Å². The fourth-order valence-corrected chi connectivity index (χ4v) is 7.22. The topological polar surface area (TPSA) is 78.9 Å². The van der Waals surface area contributed by atoms with E-state index in [0.29, 0.717) is 19.3 Å². The molecule has 0 N–H and O–H groups in total. The molecule has 0 aromatic heterocycles. The van der Waals surface area contributed by atoms with E-state index >= 15 is 0 Å². The highest BCUT2D eigenvalue weighted by molar-refractivity contribution is 5.71. The van der Waals surface area contributed by atoms with E-state index in [-0.39, 0.29) is 31.1 Å². The lowest BCUT2D eigenvalue weighted by molar-refractivity contribution is -0.167. The number of carbonyl (C=O) groups excluding carboxylic acids is 3. The lowest BCUT2D eigenvalue weighted by Crippen LogP contribution is -2.30. The summed E-state index contributed by atoms with van der Waals surface area (Å²) in [6, 6.07) is 0. The molecule has 390 valence electrons. The minimum Gasteiger partial charge on any atom is -0.462 e. The summed E-state index contributed by atoms with van der Waals surface area (Å²) in [5, 5.41) is 0. The molecular formula is C63H102O6. The van der Waals surface area contributed by atoms with E-state index in [2.05, 4.69) is 142 Å². The van der Waals surface area contributed by atoms with Crippen LogP contribution < -0.4 is 0 Å². The SMILES string of the molecule is CC/C=C\C/C=C\C/C=C\C/C=C\C/C=C\C/C=C\CCCCCCC(=O)OCC(COC(=O)CCCCCCC/C=C\C/C=C\CCC)OC(=O)CCCCCCC/C=C\C/C=C\CCCCC. The Bertz CT molecular complexity index is 1470. The molecule has 0 radical (unpaired) electrons. The first-order valence-electron chi connectivity index (χ1n) is 28.0. The van der Waals surface area contributed by atoms with Crippen molar-refractivity contribution in [3.05, 3.63) is 122 Å². The van der Waals surface area contributed by atoms with Crippen LogP contribution in [-0.2, 0) is 28.6 Å². The predicted molar refractivity (Wildman–Crippen MR) is 297 cm³/mol. The van der Waals surface area contributed by atoms with Crippen LogP contribution in [-0.4, -0.2) is 37.2 Å². The summed E-state index contributed by atoms with van der Waals surface area (Å²) in [5.41, 5.74) is 0. The van der Waals surface area contributed by atoms with E-state index in [1.807, 2.05) is 0 Å². The molecule has 0 rings (SSSR count). The average Bonchev–Trinajstić information content (AvgIpc) is 3.35. The minimum atomic E-state index is -0.806. The zero-order valence-corrected chi connectivity index (χ0v) is 44.5. The van der Waals surface area contributed by atoms with Crippen LogP contribution in [0.2, 0.25) is 0 Å². The Hall–Kier alpha value is -4.19. The van der Waals surface area contributed by atoms with E-state index in [4.69, 9.17) is 14.2 Å². The predicted octanol–water partition coefficient (Wildman–Crippen LogP) is 18.9. The van der Waals surface area contributed by atoms with Crippen LogP contribution in [0.5, 0.6) is 0 Å². The van der Waals surface area contributed by atoms with E-state index in [1.54, 1.807) is 0 Å². The van der Waals surface area contributed by atoms with Gasteiger partial charge in [0.15, 0.2) is 6.10 Å². The van der Waals surface area contributed by atoms with Crippen LogP contribution >= 0.6 is 0 Å². The van der Waals surface area contributed by atoms with Gasteiger partial charge >= 0.3 is 17.9 Å². The molecule has 0 saturated carbocycles. The van der Waals surface area contributed by atoms with Crippen LogP contribution in [0, 0.1) is 0 Å². The molecule has 1 unspecified atom stereocenters. The van der Waals surface area contributed by atoms with Gasteiger partial charge in [-0.1, -0.05) is 213 Å². The number of hydrogen-bond donors (Lipinski definition) is 0. The van der Waals surface area contributed by atoms with Crippen molar-refractivity contribution in [2.75, 3.05) is 13.2 Å². The maximum Gasteiger partial charge on any atom is 0.306 e. The number of rotatable bonds is 49. The van der Waals surface area contributed by atoms with Gasteiger partial charge in [-0.3, -0.25) is 14.4 Å². The summed E-state index contributed by atoms with van der Waals surface area (Å²) < 4.78 is 16.8. The second-order valence-corrected chi connectivity index (χ2v) is 18.1. The van der Waals surface area contributed by atoms with Gasteiger partial charge in [0.2, 0.25) is 0 Å². The maximum absolute atomic E-state index is 12.8. The summed E-state index contributed by atoms with van der Waals surface area (Å²) in [5.74, 6) is -0.959. The maximum atomic E-state index is 12.8. The zero-order valence-electron chi connectivity index (χ0n) is 44.5. The summed E-state index contributed by atoms with van der Waals surface area (Å²) in [6.07, 6.45) is 77.5. The number of carbonyl (C=O) groups is 3. The van der Waals surface area contributed by atoms with Crippen LogP contribution in [0.4, 0.5) is 0 Å². The normalized spacial score (nSPS) is 13.0. The Kier molecular flexibility index (Phi) is 53.0. The van der Waals surface area contributed by atoms with Crippen LogP contribution in [0.25, 0.3) is 0 Å². The molecule has 0 bridgehead atoms. The van der Waals surface area contributed by atoms with Gasteiger partial charge in [-0.15, -0.1) is 0 Å². The first-order chi connectivity index (χ1) is 34.0. The lowest BCUT2D eigenvalue weighted by atomic mass is 10.1. The van der Waals surface area contributed by atoms with E-state index in [0.717, 1.165) is 167 Å². The molecule has 0 aromatic rings. The van der Waals surface area contributed by atoms with Gasteiger partial charge in [-0.2, -0.15) is 0 Å². The molecule has 0 aliphatic heterocycles. The molecular weight excluding hydrogens is 853 g/mol. The highest BCUT2D eigenvalue weighted by atomic mass is 16.6. The van der Waals surface area contributed by atoms with E-state index < -0.39 is 6.10 Å². The second kappa shape index (κ2) is 56.4. The molecule has 0 fully saturated rings. The van der Waals surface area contributed by atoms with Crippen LogP contribution in [0.1, 0.15) is 239 Å². The fourth-order valence-electron chi connectivity index (χ4n) is 7.22. The molecule has 0 heterocycles. The molecule has 0 spiro atoms. The third kappa shape index (κ3) is 54.6. The van der Waals surface area contributed by atoms with Gasteiger partial charge in [-0.05, 0) is 128 Å². The number of allylic oxidation sites excluding steroid dienone is 20. The average molecular weight is 956 g/mol. The summed E-state index contributed by atoms with van der Waals surface area (Å²) in [6.45, 7) is 6.38. The highest BCUT2D eigenvalue weighted by Gasteiger charge is 2.19. The molecule has 1 atom stereocenters. The molecule has 0 aromatic carbocycles. The minimum absolute atomic E-state index is 0.103. The van der Waals surface area contributed by atoms with Gasteiger partial charge in [0.25, 0.3) is 0 Å². The summed E-state index contributed by atoms with van der Waals surface area (Å²) >= 11 is 0. The number of hydrogen-bond acceptors (Lipinski definition) is 6. The molecule has 69 heavy (non-hydrogen) atoms. The largest absolute Gasteiger partial charge is 0.462 e. The second-order valence-electron chi connectivity index (χ2n) is 18.1. The summed E-state index contributed by atoms with van der Waals surface area (Å²) in [4.78, 5) is 38.1. The third-order valence-corrected chi connectivity index (χ3v) is 11.4. The van der Waals surface area contributed by atoms with Crippen LogP contribution in [0.15, 0.2) is 122 Å². The molecule has 6 heteroatoms. The van der Waals surface area contributed by atoms with Gasteiger partial charge in [0, 0.05) is 19.3 Å². The molecule has 0 aliphatic carbocycles. The van der Waals surface area contributed by atoms with Gasteiger partial charge < -0.3 is 14.2 Å². The van der Waals surface area contributed by atoms with Crippen molar-refractivity contribution in [3.63, 3.8) is 0 Å². The van der Waals surface area contributed by atoms with Crippen molar-refractivity contribution < 1.29 is 28.6 Å². The molecule has 0 aliphatic rings. The third-order valence-electron chi connectivity index (χ3n) is 11.4. The number of ether oxygens (including phenoxy) is 3. The van der Waals surface area contributed by atoms with Crippen molar-refractivity contribution >= 4 is 17.9 Å².